The summed E-state index contributed by atoms with van der Waals surface area (Å²) in [5.74, 6) is 0.722. The number of benzene rings is 2. The van der Waals surface area contributed by atoms with Gasteiger partial charge in [0.25, 0.3) is 5.91 Å². The molecule has 2 fully saturated rings. The summed E-state index contributed by atoms with van der Waals surface area (Å²) in [5, 5.41) is 20.7. The first kappa shape index (κ1) is 19.0. The molecule has 2 aromatic carbocycles. The highest BCUT2D eigenvalue weighted by atomic mass is 16.5. The highest BCUT2D eigenvalue weighted by molar-refractivity contribution is 5.94. The summed E-state index contributed by atoms with van der Waals surface area (Å²) in [5.41, 5.74) is 1.26. The molecule has 5 heteroatoms. The first-order valence-corrected chi connectivity index (χ1v) is 9.97. The largest absolute Gasteiger partial charge is 0.494 e. The quantitative estimate of drug-likeness (QED) is 0.807. The maximum Gasteiger partial charge on any atom is 0.253 e. The number of β-amino-alcohol motifs (C(OH)–C–C–N with tert-alkyl or cyclic N) is 1. The molecule has 0 aromatic heterocycles. The predicted molar refractivity (Wildman–Crippen MR) is 106 cm³/mol. The van der Waals surface area contributed by atoms with Crippen molar-refractivity contribution in [2.24, 2.45) is 11.3 Å². The van der Waals surface area contributed by atoms with E-state index in [-0.39, 0.29) is 24.3 Å². The lowest BCUT2D eigenvalue weighted by atomic mass is 9.95. The Balaban J connectivity index is 1.50. The van der Waals surface area contributed by atoms with E-state index < -0.39 is 11.5 Å². The zero-order valence-corrected chi connectivity index (χ0v) is 16.1. The Labute approximate surface area is 165 Å². The molecule has 1 saturated heterocycles. The number of rotatable bonds is 6. The molecule has 1 amide bonds. The molecule has 1 aliphatic heterocycles. The first-order chi connectivity index (χ1) is 13.6. The standard InChI is InChI=1S/C23H27NO4/c1-2-12-28-18-10-8-17(9-11-18)22(27)24-13-20(26)23(15-24)19(14-25)21(23)16-6-4-3-5-7-16/h3-11,19-21,25-26H,2,12-15H2,1H3/t19-,20-,21-,23-/m1/s1. The Hall–Kier alpha value is -2.37. The number of carbonyl (C=O) groups is 1. The van der Waals surface area contributed by atoms with Crippen molar-refractivity contribution in [3.05, 3.63) is 65.7 Å². The van der Waals surface area contributed by atoms with Crippen LogP contribution < -0.4 is 4.74 Å². The van der Waals surface area contributed by atoms with Crippen LogP contribution in [0.15, 0.2) is 54.6 Å². The number of hydrogen-bond acceptors (Lipinski definition) is 4. The first-order valence-electron chi connectivity index (χ1n) is 9.97. The van der Waals surface area contributed by atoms with Gasteiger partial charge in [0.05, 0.1) is 12.7 Å². The maximum atomic E-state index is 13.0. The molecule has 1 spiro atoms. The van der Waals surface area contributed by atoms with E-state index in [1.165, 1.54) is 0 Å². The molecule has 1 heterocycles. The van der Waals surface area contributed by atoms with Crippen LogP contribution in [-0.2, 0) is 0 Å². The van der Waals surface area contributed by atoms with Crippen molar-refractivity contribution >= 4 is 5.91 Å². The third kappa shape index (κ3) is 3.09. The van der Waals surface area contributed by atoms with Crippen molar-refractivity contribution < 1.29 is 19.7 Å². The zero-order valence-electron chi connectivity index (χ0n) is 16.1. The smallest absolute Gasteiger partial charge is 0.253 e. The monoisotopic (exact) mass is 381 g/mol. The number of ether oxygens (including phenoxy) is 1. The van der Waals surface area contributed by atoms with E-state index in [1.807, 2.05) is 49.4 Å². The number of nitrogens with zero attached hydrogens (tertiary/aromatic N) is 1. The van der Waals surface area contributed by atoms with Crippen LogP contribution in [0, 0.1) is 11.3 Å². The van der Waals surface area contributed by atoms with Crippen LogP contribution in [0.2, 0.25) is 0 Å². The highest BCUT2D eigenvalue weighted by Crippen LogP contribution is 2.68. The maximum absolute atomic E-state index is 13.0. The lowest BCUT2D eigenvalue weighted by Crippen LogP contribution is -2.29. The molecule has 0 radical (unpaired) electrons. The summed E-state index contributed by atoms with van der Waals surface area (Å²) in [6.07, 6.45) is 0.300. The van der Waals surface area contributed by atoms with Crippen LogP contribution in [0.3, 0.4) is 0 Å². The molecule has 0 bridgehead atoms. The number of carbonyl (C=O) groups excluding carboxylic acids is 1. The third-order valence-electron chi connectivity index (χ3n) is 6.26. The Bertz CT molecular complexity index is 822. The molecule has 1 aliphatic carbocycles. The molecule has 28 heavy (non-hydrogen) atoms. The van der Waals surface area contributed by atoms with Gasteiger partial charge < -0.3 is 19.8 Å². The molecule has 148 valence electrons. The zero-order chi connectivity index (χ0) is 19.7. The number of aliphatic hydroxyl groups excluding tert-OH is 2. The van der Waals surface area contributed by atoms with E-state index in [1.54, 1.807) is 17.0 Å². The lowest BCUT2D eigenvalue weighted by molar-refractivity contribution is 0.0764. The van der Waals surface area contributed by atoms with Gasteiger partial charge >= 0.3 is 0 Å². The van der Waals surface area contributed by atoms with Gasteiger partial charge in [-0.05, 0) is 48.1 Å². The van der Waals surface area contributed by atoms with Crippen LogP contribution >= 0.6 is 0 Å². The number of likely N-dealkylation sites (tertiary alicyclic amines) is 1. The molecule has 4 atom stereocenters. The molecule has 2 aliphatic rings. The Morgan fingerprint density at radius 1 is 1.18 bits per heavy atom. The van der Waals surface area contributed by atoms with Crippen LogP contribution in [0.5, 0.6) is 5.75 Å². The fourth-order valence-electron chi connectivity index (χ4n) is 4.82. The Kier molecular flexibility index (Phi) is 5.13. The normalized spacial score (nSPS) is 28.5. The number of hydrogen-bond donors (Lipinski definition) is 2. The summed E-state index contributed by atoms with van der Waals surface area (Å²) in [7, 11) is 0. The third-order valence-corrected chi connectivity index (χ3v) is 6.26. The van der Waals surface area contributed by atoms with Gasteiger partial charge in [-0.2, -0.15) is 0 Å². The van der Waals surface area contributed by atoms with Gasteiger partial charge in [0, 0.05) is 30.7 Å². The molecular formula is C23H27NO4. The van der Waals surface area contributed by atoms with Crippen molar-refractivity contribution in [2.75, 3.05) is 26.3 Å². The van der Waals surface area contributed by atoms with Crippen molar-refractivity contribution in [3.8, 4) is 5.75 Å². The van der Waals surface area contributed by atoms with Gasteiger partial charge in [-0.3, -0.25) is 4.79 Å². The Morgan fingerprint density at radius 3 is 2.54 bits per heavy atom. The number of amides is 1. The van der Waals surface area contributed by atoms with Crippen LogP contribution in [-0.4, -0.2) is 53.4 Å². The average molecular weight is 381 g/mol. The van der Waals surface area contributed by atoms with Gasteiger partial charge in [0.15, 0.2) is 0 Å². The highest BCUT2D eigenvalue weighted by Gasteiger charge is 2.71. The van der Waals surface area contributed by atoms with Crippen LogP contribution in [0.1, 0.15) is 35.2 Å². The second-order valence-electron chi connectivity index (χ2n) is 7.86. The van der Waals surface area contributed by atoms with Gasteiger partial charge in [-0.15, -0.1) is 0 Å². The van der Waals surface area contributed by atoms with Gasteiger partial charge in [-0.1, -0.05) is 37.3 Å². The van der Waals surface area contributed by atoms with Gasteiger partial charge in [0.2, 0.25) is 0 Å². The minimum absolute atomic E-state index is 0.0160. The van der Waals surface area contributed by atoms with E-state index in [2.05, 4.69) is 0 Å². The van der Waals surface area contributed by atoms with Crippen molar-refractivity contribution in [1.82, 2.24) is 4.90 Å². The lowest BCUT2D eigenvalue weighted by Gasteiger charge is -2.17. The molecule has 1 saturated carbocycles. The summed E-state index contributed by atoms with van der Waals surface area (Å²) < 4.78 is 5.57. The second-order valence-corrected chi connectivity index (χ2v) is 7.86. The van der Waals surface area contributed by atoms with Crippen molar-refractivity contribution in [2.45, 2.75) is 25.4 Å². The summed E-state index contributed by atoms with van der Waals surface area (Å²) >= 11 is 0. The van der Waals surface area contributed by atoms with E-state index in [9.17, 15) is 15.0 Å². The fraction of sp³-hybridized carbons (Fsp3) is 0.435. The summed E-state index contributed by atoms with van der Waals surface area (Å²) in [6.45, 7) is 3.48. The topological polar surface area (TPSA) is 70.0 Å². The average Bonchev–Trinajstić information content (AvgIpc) is 3.27. The van der Waals surface area contributed by atoms with Crippen LogP contribution in [0.25, 0.3) is 0 Å². The minimum atomic E-state index is -0.633. The van der Waals surface area contributed by atoms with Crippen molar-refractivity contribution in [1.29, 1.82) is 0 Å². The Morgan fingerprint density at radius 2 is 1.89 bits per heavy atom. The molecular weight excluding hydrogens is 354 g/mol. The fourth-order valence-corrected chi connectivity index (χ4v) is 4.82. The summed E-state index contributed by atoms with van der Waals surface area (Å²) in [6, 6.07) is 17.1. The van der Waals surface area contributed by atoms with Gasteiger partial charge in [-0.25, -0.2) is 0 Å². The molecule has 2 N–H and O–H groups in total. The summed E-state index contributed by atoms with van der Waals surface area (Å²) in [4.78, 5) is 14.7. The van der Waals surface area contributed by atoms with E-state index in [4.69, 9.17) is 4.74 Å². The molecule has 5 nitrogen and oxygen atoms in total. The van der Waals surface area contributed by atoms with E-state index in [0.29, 0.717) is 25.3 Å². The van der Waals surface area contributed by atoms with E-state index >= 15 is 0 Å². The molecule has 4 rings (SSSR count). The van der Waals surface area contributed by atoms with Gasteiger partial charge in [0.1, 0.15) is 5.75 Å². The SMILES string of the molecule is CCCOc1ccc(C(=O)N2C[C@@H](O)[C@@]3(C2)[C@H](CO)[C@H]3c2ccccc2)cc1. The predicted octanol–water partition coefficient (Wildman–Crippen LogP) is 2.68. The van der Waals surface area contributed by atoms with Crippen LogP contribution in [0.4, 0.5) is 0 Å². The van der Waals surface area contributed by atoms with Crippen molar-refractivity contribution in [3.63, 3.8) is 0 Å². The second kappa shape index (κ2) is 7.57. The van der Waals surface area contributed by atoms with E-state index in [0.717, 1.165) is 17.7 Å². The number of aliphatic hydroxyl groups is 2. The molecule has 2 aromatic rings. The molecule has 0 unspecified atom stereocenters. The minimum Gasteiger partial charge on any atom is -0.494 e.